The quantitative estimate of drug-likeness (QED) is 0.888. The van der Waals surface area contributed by atoms with Crippen LogP contribution in [0.25, 0.3) is 0 Å². The zero-order chi connectivity index (χ0) is 17.6. The molecule has 2 aliphatic rings. The molecule has 1 aliphatic carbocycles. The normalized spacial score (nSPS) is 20.7. The van der Waals surface area contributed by atoms with E-state index in [1.807, 2.05) is 42.6 Å². The lowest BCUT2D eigenvalue weighted by molar-refractivity contribution is 0.0683. The van der Waals surface area contributed by atoms with Crippen LogP contribution in [0.4, 0.5) is 0 Å². The van der Waals surface area contributed by atoms with Crippen LogP contribution < -0.4 is 5.32 Å². The number of hydrogen-bond acceptors (Lipinski definition) is 4. The Hall–Kier alpha value is -1.79. The number of amides is 1. The van der Waals surface area contributed by atoms with Crippen molar-refractivity contribution < 1.29 is 9.21 Å². The summed E-state index contributed by atoms with van der Waals surface area (Å²) in [5.74, 6) is 2.47. The van der Waals surface area contributed by atoms with E-state index in [9.17, 15) is 4.79 Å². The third-order valence-corrected chi connectivity index (χ3v) is 5.89. The van der Waals surface area contributed by atoms with Gasteiger partial charge in [-0.05, 0) is 57.7 Å². The van der Waals surface area contributed by atoms with E-state index in [0.29, 0.717) is 29.3 Å². The van der Waals surface area contributed by atoms with Crippen molar-refractivity contribution in [3.05, 3.63) is 41.4 Å². The molecule has 142 valence electrons. The molecule has 2 fully saturated rings. The van der Waals surface area contributed by atoms with Crippen molar-refractivity contribution in [3.63, 3.8) is 0 Å². The van der Waals surface area contributed by atoms with Crippen LogP contribution >= 0.6 is 12.4 Å². The fourth-order valence-electron chi connectivity index (χ4n) is 4.25. The summed E-state index contributed by atoms with van der Waals surface area (Å²) >= 11 is 0. The van der Waals surface area contributed by atoms with Crippen molar-refractivity contribution >= 4 is 18.3 Å². The topological polar surface area (TPSA) is 63.3 Å². The highest BCUT2D eigenvalue weighted by atomic mass is 35.5. The second-order valence-corrected chi connectivity index (χ2v) is 7.55. The maximum Gasteiger partial charge on any atom is 0.258 e. The highest BCUT2D eigenvalue weighted by molar-refractivity contribution is 5.95. The number of imidazole rings is 1. The van der Waals surface area contributed by atoms with Gasteiger partial charge in [-0.25, -0.2) is 4.98 Å². The average molecular weight is 379 g/mol. The lowest BCUT2D eigenvalue weighted by atomic mass is 9.93. The van der Waals surface area contributed by atoms with Crippen molar-refractivity contribution in [3.8, 4) is 0 Å². The van der Waals surface area contributed by atoms with Gasteiger partial charge in [-0.2, -0.15) is 0 Å². The summed E-state index contributed by atoms with van der Waals surface area (Å²) in [4.78, 5) is 19.8. The third kappa shape index (κ3) is 3.28. The Morgan fingerprint density at radius 3 is 2.73 bits per heavy atom. The van der Waals surface area contributed by atoms with Crippen LogP contribution in [0.1, 0.15) is 47.0 Å². The molecule has 1 saturated carbocycles. The lowest BCUT2D eigenvalue weighted by Gasteiger charge is -2.29. The molecule has 0 bridgehead atoms. The summed E-state index contributed by atoms with van der Waals surface area (Å²) in [7, 11) is 1.98. The molecule has 2 aromatic rings. The molecule has 6 nitrogen and oxygen atoms in total. The summed E-state index contributed by atoms with van der Waals surface area (Å²) in [5, 5.41) is 3.43. The minimum absolute atomic E-state index is 0. The van der Waals surface area contributed by atoms with Gasteiger partial charge in [0.15, 0.2) is 0 Å². The molecule has 1 N–H and O–H groups in total. The van der Waals surface area contributed by atoms with E-state index >= 15 is 0 Å². The molecule has 1 aliphatic heterocycles. The maximum atomic E-state index is 13.3. The summed E-state index contributed by atoms with van der Waals surface area (Å²) in [5.41, 5.74) is 0.973. The van der Waals surface area contributed by atoms with Crippen molar-refractivity contribution in [2.45, 2.75) is 45.7 Å². The first-order chi connectivity index (χ1) is 12.0. The highest BCUT2D eigenvalue weighted by Gasteiger charge is 2.58. The molecule has 0 aromatic carbocycles. The second-order valence-electron chi connectivity index (χ2n) is 7.55. The Bertz CT molecular complexity index is 791. The fourth-order valence-corrected chi connectivity index (χ4v) is 4.25. The zero-order valence-corrected chi connectivity index (χ0v) is 16.4. The molecule has 0 radical (unpaired) electrons. The van der Waals surface area contributed by atoms with Gasteiger partial charge < -0.3 is 19.2 Å². The number of nitrogens with zero attached hydrogens (tertiary/aromatic N) is 3. The van der Waals surface area contributed by atoms with Crippen LogP contribution in [0.15, 0.2) is 22.9 Å². The number of rotatable bonds is 4. The number of halogens is 1. The van der Waals surface area contributed by atoms with Gasteiger partial charge in [0.2, 0.25) is 0 Å². The van der Waals surface area contributed by atoms with Crippen LogP contribution in [0.5, 0.6) is 0 Å². The monoisotopic (exact) mass is 378 g/mol. The van der Waals surface area contributed by atoms with E-state index < -0.39 is 0 Å². The number of piperidine rings is 1. The van der Waals surface area contributed by atoms with Crippen molar-refractivity contribution in [1.29, 1.82) is 0 Å². The molecule has 1 saturated heterocycles. The summed E-state index contributed by atoms with van der Waals surface area (Å²) < 4.78 is 7.59. The number of furan rings is 1. The predicted octanol–water partition coefficient (Wildman–Crippen LogP) is 2.84. The molecule has 26 heavy (non-hydrogen) atoms. The molecule has 1 atom stereocenters. The van der Waals surface area contributed by atoms with Gasteiger partial charge in [0.1, 0.15) is 17.3 Å². The van der Waals surface area contributed by atoms with Crippen LogP contribution in [0.2, 0.25) is 0 Å². The van der Waals surface area contributed by atoms with E-state index in [1.165, 1.54) is 0 Å². The first-order valence-corrected chi connectivity index (χ1v) is 9.05. The molecule has 1 spiro atoms. The Kier molecular flexibility index (Phi) is 5.17. The highest BCUT2D eigenvalue weighted by Crippen LogP contribution is 2.56. The van der Waals surface area contributed by atoms with Crippen LogP contribution in [0, 0.1) is 19.3 Å². The van der Waals surface area contributed by atoms with Gasteiger partial charge in [-0.1, -0.05) is 0 Å². The van der Waals surface area contributed by atoms with E-state index in [2.05, 4.69) is 10.3 Å². The summed E-state index contributed by atoms with van der Waals surface area (Å²) in [6.45, 7) is 6.39. The first kappa shape index (κ1) is 19.0. The third-order valence-electron chi connectivity index (χ3n) is 5.89. The average Bonchev–Trinajstić information content (AvgIpc) is 2.91. The molecular formula is C19H27ClN4O2. The maximum absolute atomic E-state index is 13.3. The van der Waals surface area contributed by atoms with Crippen LogP contribution in [0.3, 0.4) is 0 Å². The fraction of sp³-hybridized carbons (Fsp3) is 0.579. The molecular weight excluding hydrogens is 352 g/mol. The molecule has 7 heteroatoms. The minimum Gasteiger partial charge on any atom is -0.466 e. The van der Waals surface area contributed by atoms with E-state index in [4.69, 9.17) is 4.42 Å². The standard InChI is InChI=1S/C19H26N4O2.ClH/c1-13-10-15(14(2)25-13)18(24)23(12-17-21-8-9-22(17)3)16-11-19(16)4-6-20-7-5-19;/h8-10,16,20H,4-7,11-12H2,1-3H3;1H. The predicted molar refractivity (Wildman–Crippen MR) is 101 cm³/mol. The van der Waals surface area contributed by atoms with Crippen molar-refractivity contribution in [1.82, 2.24) is 19.8 Å². The van der Waals surface area contributed by atoms with Gasteiger partial charge in [0.05, 0.1) is 12.1 Å². The van der Waals surface area contributed by atoms with Crippen molar-refractivity contribution in [2.24, 2.45) is 12.5 Å². The Balaban J connectivity index is 0.00000196. The summed E-state index contributed by atoms with van der Waals surface area (Å²) in [6.07, 6.45) is 7.11. The minimum atomic E-state index is 0. The number of aryl methyl sites for hydroxylation is 3. The number of carbonyl (C=O) groups is 1. The van der Waals surface area contributed by atoms with E-state index in [0.717, 1.165) is 43.9 Å². The van der Waals surface area contributed by atoms with Gasteiger partial charge in [0, 0.05) is 25.5 Å². The first-order valence-electron chi connectivity index (χ1n) is 9.05. The molecule has 2 aromatic heterocycles. The van der Waals surface area contributed by atoms with Gasteiger partial charge in [-0.3, -0.25) is 4.79 Å². The van der Waals surface area contributed by atoms with Gasteiger partial charge in [-0.15, -0.1) is 12.4 Å². The lowest BCUT2D eigenvalue weighted by Crippen LogP contribution is -2.39. The smallest absolute Gasteiger partial charge is 0.258 e. The molecule has 3 heterocycles. The van der Waals surface area contributed by atoms with Crippen LogP contribution in [-0.4, -0.2) is 39.5 Å². The van der Waals surface area contributed by atoms with E-state index in [1.54, 1.807) is 6.20 Å². The second kappa shape index (κ2) is 7.08. The molecule has 1 amide bonds. The number of nitrogens with one attached hydrogen (secondary N) is 1. The molecule has 1 unspecified atom stereocenters. The van der Waals surface area contributed by atoms with E-state index in [-0.39, 0.29) is 18.3 Å². The van der Waals surface area contributed by atoms with Gasteiger partial charge in [0.25, 0.3) is 5.91 Å². The zero-order valence-electron chi connectivity index (χ0n) is 15.6. The number of aromatic nitrogens is 2. The molecule has 4 rings (SSSR count). The summed E-state index contributed by atoms with van der Waals surface area (Å²) in [6, 6.07) is 2.16. The Labute approximate surface area is 160 Å². The van der Waals surface area contributed by atoms with Crippen molar-refractivity contribution in [2.75, 3.05) is 13.1 Å². The SMILES string of the molecule is Cc1cc(C(=O)N(Cc2nccn2C)C2CC23CCNCC3)c(C)o1.Cl. The number of hydrogen-bond donors (Lipinski definition) is 1. The van der Waals surface area contributed by atoms with Crippen LogP contribution in [-0.2, 0) is 13.6 Å². The number of carbonyl (C=O) groups excluding carboxylic acids is 1. The van der Waals surface area contributed by atoms with Gasteiger partial charge >= 0.3 is 0 Å². The Morgan fingerprint density at radius 2 is 2.15 bits per heavy atom. The Morgan fingerprint density at radius 1 is 1.42 bits per heavy atom. The largest absolute Gasteiger partial charge is 0.466 e.